The Hall–Kier alpha value is -3.99. The Morgan fingerprint density at radius 2 is 1.84 bits per heavy atom. The molecule has 4 amide bonds. The minimum Gasteiger partial charge on any atom is -0.446 e. The minimum atomic E-state index is -4.69. The van der Waals surface area contributed by atoms with Crippen molar-refractivity contribution >= 4 is 50.9 Å². The molecule has 6 rings (SSSR count). The molecule has 3 aliphatic carbocycles. The highest BCUT2D eigenvalue weighted by Gasteiger charge is 2.62. The Labute approximate surface area is 297 Å². The molecule has 276 valence electrons. The Kier molecular flexibility index (Phi) is 10.00. The lowest BCUT2D eigenvalue weighted by molar-refractivity contribution is -0.140. The second-order valence-electron chi connectivity index (χ2n) is 13.9. The van der Waals surface area contributed by atoms with Crippen LogP contribution in [0.3, 0.4) is 0 Å². The van der Waals surface area contributed by atoms with Crippen molar-refractivity contribution in [2.24, 2.45) is 17.8 Å². The van der Waals surface area contributed by atoms with Gasteiger partial charge < -0.3 is 15.0 Å². The number of ether oxygens (including phenoxy) is 1. The molecule has 51 heavy (non-hydrogen) atoms. The maximum atomic E-state index is 14.0. The van der Waals surface area contributed by atoms with Crippen molar-refractivity contribution in [3.8, 4) is 10.6 Å². The molecular formula is C34H40F3N5O7S2. The first-order valence-electron chi connectivity index (χ1n) is 16.9. The number of hydrogen-bond acceptors (Lipinski definition) is 9. The van der Waals surface area contributed by atoms with Gasteiger partial charge in [0, 0.05) is 30.0 Å². The minimum absolute atomic E-state index is 0.0480. The van der Waals surface area contributed by atoms with Gasteiger partial charge in [-0.25, -0.2) is 18.2 Å². The molecule has 0 bridgehead atoms. The molecule has 1 aliphatic heterocycles. The van der Waals surface area contributed by atoms with E-state index in [2.05, 4.69) is 20.3 Å². The molecule has 0 unspecified atom stereocenters. The third kappa shape index (κ3) is 7.93. The Morgan fingerprint density at radius 1 is 1.12 bits per heavy atom. The first-order chi connectivity index (χ1) is 24.0. The van der Waals surface area contributed by atoms with E-state index >= 15 is 0 Å². The topological polar surface area (TPSA) is 164 Å². The van der Waals surface area contributed by atoms with Gasteiger partial charge in [0.15, 0.2) is 0 Å². The third-order valence-electron chi connectivity index (χ3n) is 10.1. The number of sulfonamides is 1. The van der Waals surface area contributed by atoms with E-state index in [0.29, 0.717) is 42.9 Å². The van der Waals surface area contributed by atoms with Gasteiger partial charge in [-0.2, -0.15) is 13.2 Å². The number of amides is 4. The van der Waals surface area contributed by atoms with Gasteiger partial charge in [0.2, 0.25) is 21.8 Å². The number of aromatic nitrogens is 1. The number of aryl methyl sites for hydroxylation is 2. The van der Waals surface area contributed by atoms with E-state index in [1.165, 1.54) is 22.3 Å². The Morgan fingerprint density at radius 3 is 2.51 bits per heavy atom. The number of hydrogen-bond donors (Lipinski definition) is 3. The third-order valence-corrected chi connectivity index (χ3v) is 13.0. The molecule has 0 saturated heterocycles. The van der Waals surface area contributed by atoms with E-state index in [0.717, 1.165) is 23.4 Å². The fourth-order valence-electron chi connectivity index (χ4n) is 6.78. The van der Waals surface area contributed by atoms with Gasteiger partial charge in [-0.15, -0.1) is 11.3 Å². The van der Waals surface area contributed by atoms with Crippen LogP contribution in [-0.2, 0) is 35.3 Å². The second kappa shape index (κ2) is 13.9. The zero-order chi connectivity index (χ0) is 36.9. The number of anilines is 1. The Bertz CT molecular complexity index is 1860. The van der Waals surface area contributed by atoms with Crippen molar-refractivity contribution in [3.63, 3.8) is 0 Å². The number of carbonyl (C=O) groups is 4. The lowest BCUT2D eigenvalue weighted by atomic mass is 9.93. The van der Waals surface area contributed by atoms with Crippen LogP contribution in [0.2, 0.25) is 0 Å². The van der Waals surface area contributed by atoms with E-state index in [1.54, 1.807) is 14.0 Å². The molecule has 17 heteroatoms. The molecule has 5 atom stereocenters. The van der Waals surface area contributed by atoms with Gasteiger partial charge in [0.1, 0.15) is 16.7 Å². The van der Waals surface area contributed by atoms with Gasteiger partial charge in [0.05, 0.1) is 34.0 Å². The predicted octanol–water partition coefficient (Wildman–Crippen LogP) is 5.07. The number of rotatable bonds is 6. The number of alkyl halides is 3. The fraction of sp³-hybridized carbons (Fsp3) is 0.559. The first kappa shape index (κ1) is 36.8. The van der Waals surface area contributed by atoms with Crippen LogP contribution in [0.4, 0.5) is 23.7 Å². The molecule has 3 N–H and O–H groups in total. The maximum absolute atomic E-state index is 14.0. The highest BCUT2D eigenvalue weighted by atomic mass is 32.2. The molecular weight excluding hydrogens is 712 g/mol. The summed E-state index contributed by atoms with van der Waals surface area (Å²) in [7, 11) is -2.29. The zero-order valence-electron chi connectivity index (χ0n) is 28.3. The van der Waals surface area contributed by atoms with Crippen molar-refractivity contribution in [3.05, 3.63) is 46.5 Å². The average molecular weight is 752 g/mol. The number of thiazole rings is 1. The lowest BCUT2D eigenvalue weighted by Gasteiger charge is -2.26. The summed E-state index contributed by atoms with van der Waals surface area (Å²) < 4.78 is 74.1. The normalized spacial score (nSPS) is 27.1. The summed E-state index contributed by atoms with van der Waals surface area (Å²) in [5, 5.41) is 4.95. The van der Waals surface area contributed by atoms with Gasteiger partial charge in [-0.05, 0) is 83.4 Å². The molecule has 12 nitrogen and oxygen atoms in total. The summed E-state index contributed by atoms with van der Waals surface area (Å²) in [5.41, 5.74) is -1.73. The summed E-state index contributed by atoms with van der Waals surface area (Å²) >= 11 is 1.26. The van der Waals surface area contributed by atoms with E-state index in [4.69, 9.17) is 4.74 Å². The van der Waals surface area contributed by atoms with E-state index < -0.39 is 74.3 Å². The van der Waals surface area contributed by atoms with Gasteiger partial charge in [-0.1, -0.05) is 12.2 Å². The predicted molar refractivity (Wildman–Crippen MR) is 182 cm³/mol. The number of carbonyl (C=O) groups excluding carboxylic acids is 4. The standard InChI is InChI=1S/C34H40F3N5O7S2/c1-18-19(2)50-29(38-18)24-12-9-20(34(35,36)37)14-27(24)39-32(46)49-22-15-25-26(16-22)30(44)42(3)13-7-5-4-6-8-21-17-33(21,40-28(25)43)31(45)41-51(47,48)23-10-11-23/h6,8-9,12,14,21-23,25-26H,4-5,7,10-11,13,15-17H2,1-3H3,(H,39,46)(H,40,43)(H,41,45)/t21-,22-,25-,26-,33-/m1/s1. The molecule has 2 heterocycles. The molecule has 0 radical (unpaired) electrons. The number of nitrogens with zero attached hydrogens (tertiary/aromatic N) is 2. The molecule has 3 fully saturated rings. The molecule has 1 aromatic heterocycles. The van der Waals surface area contributed by atoms with E-state index in [-0.39, 0.29) is 36.4 Å². The van der Waals surface area contributed by atoms with Gasteiger partial charge >= 0.3 is 12.3 Å². The van der Waals surface area contributed by atoms with Crippen molar-refractivity contribution < 1.29 is 45.5 Å². The number of allylic oxidation sites excluding steroid dienone is 1. The molecule has 3 saturated carbocycles. The van der Waals surface area contributed by atoms with Gasteiger partial charge in [0.25, 0.3) is 5.91 Å². The average Bonchev–Trinajstić information content (AvgIpc) is 3.96. The van der Waals surface area contributed by atoms with Crippen LogP contribution in [0.1, 0.15) is 67.5 Å². The monoisotopic (exact) mass is 751 g/mol. The van der Waals surface area contributed by atoms with Crippen molar-refractivity contribution in [2.45, 2.75) is 88.3 Å². The number of halogens is 3. The quantitative estimate of drug-likeness (QED) is 0.345. The highest BCUT2D eigenvalue weighted by Crippen LogP contribution is 2.47. The van der Waals surface area contributed by atoms with Crippen LogP contribution in [0.25, 0.3) is 10.6 Å². The first-order valence-corrected chi connectivity index (χ1v) is 19.3. The van der Waals surface area contributed by atoms with Crippen molar-refractivity contribution in [1.82, 2.24) is 19.9 Å². The SMILES string of the molecule is Cc1nc(-c2ccc(C(F)(F)F)cc2NC(=O)O[C@@H]2C[C@H]3C(=O)N[C@]4(C(=O)NS(=O)(=O)C5CC5)C[C@H]4C=CCCCCN(C)C(=O)[C@@H]3C2)sc1C. The van der Waals surface area contributed by atoms with Crippen molar-refractivity contribution in [2.75, 3.05) is 18.9 Å². The van der Waals surface area contributed by atoms with E-state index in [1.807, 2.05) is 19.1 Å². The summed E-state index contributed by atoms with van der Waals surface area (Å²) in [6.07, 6.45) is -0.0575. The molecule has 0 spiro atoms. The Balaban J connectivity index is 1.23. The molecule has 2 aromatic rings. The summed E-state index contributed by atoms with van der Waals surface area (Å²) in [4.78, 5) is 61.2. The van der Waals surface area contributed by atoms with E-state index in [9.17, 15) is 40.8 Å². The highest BCUT2D eigenvalue weighted by molar-refractivity contribution is 7.91. The fourth-order valence-corrected chi connectivity index (χ4v) is 9.10. The summed E-state index contributed by atoms with van der Waals surface area (Å²) in [6.45, 7) is 4.01. The summed E-state index contributed by atoms with van der Waals surface area (Å²) in [5.74, 6) is -4.29. The van der Waals surface area contributed by atoms with Crippen molar-refractivity contribution in [1.29, 1.82) is 0 Å². The maximum Gasteiger partial charge on any atom is 0.416 e. The number of nitrogens with one attached hydrogen (secondary N) is 3. The van der Waals surface area contributed by atoms with Crippen LogP contribution in [0.15, 0.2) is 30.4 Å². The number of fused-ring (bicyclic) bond motifs is 2. The lowest BCUT2D eigenvalue weighted by Crippen LogP contribution is -2.54. The van der Waals surface area contributed by atoms with Crippen LogP contribution < -0.4 is 15.4 Å². The van der Waals surface area contributed by atoms with Crippen LogP contribution >= 0.6 is 11.3 Å². The molecule has 4 aliphatic rings. The smallest absolute Gasteiger partial charge is 0.416 e. The van der Waals surface area contributed by atoms with Crippen LogP contribution in [0, 0.1) is 31.6 Å². The number of benzene rings is 1. The van der Waals surface area contributed by atoms with Crippen LogP contribution in [0.5, 0.6) is 0 Å². The molecule has 1 aromatic carbocycles. The largest absolute Gasteiger partial charge is 0.446 e. The van der Waals surface area contributed by atoms with Crippen LogP contribution in [-0.4, -0.2) is 72.6 Å². The summed E-state index contributed by atoms with van der Waals surface area (Å²) in [6, 6.07) is 2.94. The second-order valence-corrected chi connectivity index (χ2v) is 17.0. The van der Waals surface area contributed by atoms with Gasteiger partial charge in [-0.3, -0.25) is 24.4 Å². The zero-order valence-corrected chi connectivity index (χ0v) is 30.0.